The summed E-state index contributed by atoms with van der Waals surface area (Å²) in [5, 5.41) is 5.54. The predicted octanol–water partition coefficient (Wildman–Crippen LogP) is 4.95. The SMILES string of the molecule is CCOc1ccc(C=Cc2nn(-c3ccccc3)c3c(=O)ccccc23)cc1. The Balaban J connectivity index is 1.80. The Kier molecular flexibility index (Phi) is 5.02. The highest BCUT2D eigenvalue weighted by Crippen LogP contribution is 2.21. The Bertz CT molecular complexity index is 1180. The molecule has 4 nitrogen and oxygen atoms in total. The summed E-state index contributed by atoms with van der Waals surface area (Å²) in [6.45, 7) is 2.61. The average molecular weight is 368 g/mol. The zero-order valence-electron chi connectivity index (χ0n) is 15.6. The minimum Gasteiger partial charge on any atom is -0.494 e. The number of rotatable bonds is 5. The molecule has 4 rings (SSSR count). The summed E-state index contributed by atoms with van der Waals surface area (Å²) in [5.41, 5.74) is 3.16. The summed E-state index contributed by atoms with van der Waals surface area (Å²) in [6, 6.07) is 24.7. The van der Waals surface area contributed by atoms with Gasteiger partial charge in [-0.2, -0.15) is 5.10 Å². The van der Waals surface area contributed by atoms with Crippen LogP contribution in [0.1, 0.15) is 18.2 Å². The number of aromatic nitrogens is 2. The second kappa shape index (κ2) is 7.92. The van der Waals surface area contributed by atoms with E-state index in [9.17, 15) is 4.79 Å². The molecule has 0 atom stereocenters. The smallest absolute Gasteiger partial charge is 0.204 e. The lowest BCUT2D eigenvalue weighted by molar-refractivity contribution is 0.340. The molecule has 1 heterocycles. The lowest BCUT2D eigenvalue weighted by atomic mass is 10.1. The van der Waals surface area contributed by atoms with Gasteiger partial charge in [0.25, 0.3) is 0 Å². The molecule has 0 spiro atoms. The maximum absolute atomic E-state index is 12.7. The van der Waals surface area contributed by atoms with Crippen molar-refractivity contribution in [2.24, 2.45) is 0 Å². The van der Waals surface area contributed by atoms with E-state index in [2.05, 4.69) is 0 Å². The van der Waals surface area contributed by atoms with Gasteiger partial charge >= 0.3 is 0 Å². The summed E-state index contributed by atoms with van der Waals surface area (Å²) in [6.07, 6.45) is 3.93. The van der Waals surface area contributed by atoms with Crippen molar-refractivity contribution in [2.45, 2.75) is 6.92 Å². The minimum absolute atomic E-state index is 0.0583. The number of ether oxygens (including phenoxy) is 1. The summed E-state index contributed by atoms with van der Waals surface area (Å²) in [7, 11) is 0. The fourth-order valence-corrected chi connectivity index (χ4v) is 3.12. The molecule has 0 amide bonds. The van der Waals surface area contributed by atoms with Gasteiger partial charge in [0.05, 0.1) is 18.0 Å². The van der Waals surface area contributed by atoms with Crippen LogP contribution < -0.4 is 10.2 Å². The Morgan fingerprint density at radius 1 is 0.893 bits per heavy atom. The Labute approximate surface area is 163 Å². The lowest BCUT2D eigenvalue weighted by Gasteiger charge is -2.02. The van der Waals surface area contributed by atoms with Crippen LogP contribution in [-0.2, 0) is 0 Å². The molecule has 0 N–H and O–H groups in total. The van der Waals surface area contributed by atoms with Gasteiger partial charge in [0.1, 0.15) is 11.3 Å². The second-order valence-electron chi connectivity index (χ2n) is 6.31. The van der Waals surface area contributed by atoms with E-state index in [4.69, 9.17) is 9.84 Å². The predicted molar refractivity (Wildman–Crippen MR) is 114 cm³/mol. The van der Waals surface area contributed by atoms with Crippen molar-refractivity contribution in [3.05, 3.63) is 100 Å². The van der Waals surface area contributed by atoms with E-state index in [1.165, 1.54) is 0 Å². The number of fused-ring (bicyclic) bond motifs is 1. The summed E-state index contributed by atoms with van der Waals surface area (Å²) < 4.78 is 7.20. The van der Waals surface area contributed by atoms with Gasteiger partial charge in [-0.25, -0.2) is 4.68 Å². The molecule has 0 bridgehead atoms. The zero-order chi connectivity index (χ0) is 19.3. The standard InChI is InChI=1S/C24H20N2O2/c1-2-28-20-15-12-18(13-16-20)14-17-22-21-10-6-7-11-23(27)24(21)26(25-22)19-8-4-3-5-9-19/h3-17H,2H2,1H3. The van der Waals surface area contributed by atoms with E-state index >= 15 is 0 Å². The van der Waals surface area contributed by atoms with Crippen LogP contribution in [0.3, 0.4) is 0 Å². The zero-order valence-corrected chi connectivity index (χ0v) is 15.6. The van der Waals surface area contributed by atoms with Crippen LogP contribution in [0.2, 0.25) is 0 Å². The highest BCUT2D eigenvalue weighted by Gasteiger charge is 2.11. The molecular formula is C24H20N2O2. The molecule has 3 aromatic carbocycles. The Hall–Kier alpha value is -3.66. The lowest BCUT2D eigenvalue weighted by Crippen LogP contribution is -2.04. The molecule has 0 radical (unpaired) electrons. The third-order valence-corrected chi connectivity index (χ3v) is 4.43. The fraction of sp³-hybridized carbons (Fsp3) is 0.0833. The van der Waals surface area contributed by atoms with E-state index in [1.807, 2.05) is 85.8 Å². The maximum atomic E-state index is 12.7. The highest BCUT2D eigenvalue weighted by atomic mass is 16.5. The van der Waals surface area contributed by atoms with Gasteiger partial charge in [-0.3, -0.25) is 4.79 Å². The van der Waals surface area contributed by atoms with Crippen LogP contribution in [0.15, 0.2) is 83.7 Å². The summed E-state index contributed by atoms with van der Waals surface area (Å²) >= 11 is 0. The molecule has 1 aromatic heterocycles. The molecule has 0 fully saturated rings. The first-order chi connectivity index (χ1) is 13.8. The number of nitrogens with zero attached hydrogens (tertiary/aromatic N) is 2. The molecule has 0 saturated heterocycles. The van der Waals surface area contributed by atoms with E-state index in [0.717, 1.165) is 28.1 Å². The molecule has 0 saturated carbocycles. The fourth-order valence-electron chi connectivity index (χ4n) is 3.12. The Morgan fingerprint density at radius 2 is 1.61 bits per heavy atom. The van der Waals surface area contributed by atoms with Crippen molar-refractivity contribution in [3.63, 3.8) is 0 Å². The normalized spacial score (nSPS) is 11.2. The van der Waals surface area contributed by atoms with Gasteiger partial charge < -0.3 is 4.74 Å². The number of benzene rings is 2. The van der Waals surface area contributed by atoms with Crippen molar-refractivity contribution in [1.29, 1.82) is 0 Å². The minimum atomic E-state index is -0.0583. The van der Waals surface area contributed by atoms with E-state index in [0.29, 0.717) is 12.1 Å². The van der Waals surface area contributed by atoms with Crippen LogP contribution in [0.25, 0.3) is 28.7 Å². The van der Waals surface area contributed by atoms with Crippen molar-refractivity contribution in [1.82, 2.24) is 9.78 Å². The quantitative estimate of drug-likeness (QED) is 0.500. The average Bonchev–Trinajstić information content (AvgIpc) is 2.99. The van der Waals surface area contributed by atoms with Gasteiger partial charge in [-0.05, 0) is 48.9 Å². The van der Waals surface area contributed by atoms with E-state index in [-0.39, 0.29) is 5.43 Å². The molecule has 28 heavy (non-hydrogen) atoms. The molecule has 0 unspecified atom stereocenters. The van der Waals surface area contributed by atoms with Gasteiger partial charge in [0.2, 0.25) is 5.43 Å². The summed E-state index contributed by atoms with van der Waals surface area (Å²) in [5.74, 6) is 0.849. The van der Waals surface area contributed by atoms with Crippen LogP contribution >= 0.6 is 0 Å². The van der Waals surface area contributed by atoms with Crippen LogP contribution in [-0.4, -0.2) is 16.4 Å². The van der Waals surface area contributed by atoms with Crippen LogP contribution in [0.4, 0.5) is 0 Å². The number of hydrogen-bond acceptors (Lipinski definition) is 3. The number of para-hydroxylation sites is 1. The first-order valence-corrected chi connectivity index (χ1v) is 9.24. The molecule has 0 aliphatic carbocycles. The van der Waals surface area contributed by atoms with Crippen molar-refractivity contribution >= 4 is 23.1 Å². The Morgan fingerprint density at radius 3 is 2.36 bits per heavy atom. The molecule has 4 aromatic rings. The molecule has 0 aliphatic rings. The first-order valence-electron chi connectivity index (χ1n) is 9.24. The maximum Gasteiger partial charge on any atom is 0.204 e. The van der Waals surface area contributed by atoms with E-state index in [1.54, 1.807) is 16.8 Å². The van der Waals surface area contributed by atoms with Crippen LogP contribution in [0.5, 0.6) is 5.75 Å². The van der Waals surface area contributed by atoms with Gasteiger partial charge in [-0.1, -0.05) is 54.6 Å². The van der Waals surface area contributed by atoms with Crippen molar-refractivity contribution < 1.29 is 4.74 Å². The molecule has 4 heteroatoms. The van der Waals surface area contributed by atoms with Crippen molar-refractivity contribution in [2.75, 3.05) is 6.61 Å². The highest BCUT2D eigenvalue weighted by molar-refractivity contribution is 5.90. The van der Waals surface area contributed by atoms with Gasteiger partial charge in [-0.15, -0.1) is 0 Å². The molecular weight excluding hydrogens is 348 g/mol. The first kappa shape index (κ1) is 17.7. The largest absolute Gasteiger partial charge is 0.494 e. The molecule has 138 valence electrons. The second-order valence-corrected chi connectivity index (χ2v) is 6.31. The third-order valence-electron chi connectivity index (χ3n) is 4.43. The topological polar surface area (TPSA) is 44.1 Å². The number of hydrogen-bond donors (Lipinski definition) is 0. The van der Waals surface area contributed by atoms with Crippen molar-refractivity contribution in [3.8, 4) is 11.4 Å². The van der Waals surface area contributed by atoms with E-state index < -0.39 is 0 Å². The van der Waals surface area contributed by atoms with Gasteiger partial charge in [0, 0.05) is 5.39 Å². The monoisotopic (exact) mass is 368 g/mol. The van der Waals surface area contributed by atoms with Gasteiger partial charge in [0.15, 0.2) is 0 Å². The molecule has 0 aliphatic heterocycles. The summed E-state index contributed by atoms with van der Waals surface area (Å²) in [4.78, 5) is 12.7. The van der Waals surface area contributed by atoms with Crippen LogP contribution in [0, 0.1) is 0 Å². The third kappa shape index (κ3) is 3.58.